The quantitative estimate of drug-likeness (QED) is 0.642. The fourth-order valence-corrected chi connectivity index (χ4v) is 2.85. The maximum Gasteiger partial charge on any atom is 0.257 e. The highest BCUT2D eigenvalue weighted by molar-refractivity contribution is 5.95. The number of nitrogens with zero attached hydrogens (tertiary/aromatic N) is 2. The Morgan fingerprint density at radius 2 is 2.20 bits per heavy atom. The lowest BCUT2D eigenvalue weighted by Crippen LogP contribution is -2.49. The van der Waals surface area contributed by atoms with Gasteiger partial charge in [-0.25, -0.2) is 15.2 Å². The number of hydrogen-bond donors (Lipinski definition) is 2. The van der Waals surface area contributed by atoms with Crippen LogP contribution in [0.15, 0.2) is 12.3 Å². The van der Waals surface area contributed by atoms with Gasteiger partial charge in [-0.1, -0.05) is 13.8 Å². The van der Waals surface area contributed by atoms with E-state index in [-0.39, 0.29) is 23.3 Å². The van der Waals surface area contributed by atoms with E-state index in [9.17, 15) is 9.18 Å². The fourth-order valence-electron chi connectivity index (χ4n) is 2.85. The number of likely N-dealkylation sites (tertiary alicyclic amines) is 1. The van der Waals surface area contributed by atoms with Crippen molar-refractivity contribution in [3.05, 3.63) is 23.6 Å². The predicted octanol–water partition coefficient (Wildman–Crippen LogP) is 2.01. The first-order valence-electron chi connectivity index (χ1n) is 6.87. The molecule has 0 spiro atoms. The van der Waals surface area contributed by atoms with Gasteiger partial charge >= 0.3 is 0 Å². The van der Waals surface area contributed by atoms with Gasteiger partial charge in [0.25, 0.3) is 5.91 Å². The number of piperidine rings is 1. The molecule has 0 radical (unpaired) electrons. The lowest BCUT2D eigenvalue weighted by molar-refractivity contribution is 0.0451. The summed E-state index contributed by atoms with van der Waals surface area (Å²) in [6.45, 7) is 6.89. The standard InChI is InChI=1S/C14H21FN4O/c1-8-6-9(2)10(3)19(7-8)14(20)11-4-5-17-13(18-16)12(11)15/h4-5,8-10H,6-7,16H2,1-3H3,(H,17,18). The van der Waals surface area contributed by atoms with E-state index in [0.29, 0.717) is 18.4 Å². The number of nitrogens with one attached hydrogen (secondary N) is 1. The van der Waals surface area contributed by atoms with Crippen molar-refractivity contribution >= 4 is 11.7 Å². The smallest absolute Gasteiger partial charge is 0.257 e. The minimum atomic E-state index is -0.696. The van der Waals surface area contributed by atoms with Crippen LogP contribution in [0.4, 0.5) is 10.2 Å². The average molecular weight is 280 g/mol. The lowest BCUT2D eigenvalue weighted by Gasteiger charge is -2.41. The van der Waals surface area contributed by atoms with Crippen molar-refractivity contribution in [1.82, 2.24) is 9.88 Å². The van der Waals surface area contributed by atoms with Gasteiger partial charge < -0.3 is 10.3 Å². The molecule has 3 unspecified atom stereocenters. The molecule has 0 aromatic carbocycles. The first-order chi connectivity index (χ1) is 9.45. The third-order valence-corrected chi connectivity index (χ3v) is 4.11. The summed E-state index contributed by atoms with van der Waals surface area (Å²) in [7, 11) is 0. The summed E-state index contributed by atoms with van der Waals surface area (Å²) in [4.78, 5) is 18.1. The second-order valence-electron chi connectivity index (χ2n) is 5.68. The van der Waals surface area contributed by atoms with Crippen LogP contribution in [-0.4, -0.2) is 28.4 Å². The molecule has 1 aliphatic rings. The molecule has 3 N–H and O–H groups in total. The van der Waals surface area contributed by atoms with Crippen LogP contribution in [0.2, 0.25) is 0 Å². The van der Waals surface area contributed by atoms with Crippen LogP contribution in [0.1, 0.15) is 37.6 Å². The van der Waals surface area contributed by atoms with Gasteiger partial charge in [0.2, 0.25) is 0 Å². The minimum absolute atomic E-state index is 0.0149. The summed E-state index contributed by atoms with van der Waals surface area (Å²) < 4.78 is 14.1. The number of nitrogens with two attached hydrogens (primary N) is 1. The van der Waals surface area contributed by atoms with E-state index < -0.39 is 5.82 Å². The van der Waals surface area contributed by atoms with Crippen molar-refractivity contribution in [2.24, 2.45) is 17.7 Å². The third-order valence-electron chi connectivity index (χ3n) is 4.11. The van der Waals surface area contributed by atoms with E-state index in [1.165, 1.54) is 12.3 Å². The number of carbonyl (C=O) groups excluding carboxylic acids is 1. The van der Waals surface area contributed by atoms with Crippen LogP contribution < -0.4 is 11.3 Å². The highest BCUT2D eigenvalue weighted by Gasteiger charge is 2.33. The van der Waals surface area contributed by atoms with Gasteiger partial charge in [0.15, 0.2) is 11.6 Å². The average Bonchev–Trinajstić information content (AvgIpc) is 2.42. The molecule has 1 saturated heterocycles. The van der Waals surface area contributed by atoms with E-state index in [0.717, 1.165) is 6.42 Å². The lowest BCUT2D eigenvalue weighted by atomic mass is 9.85. The number of hydrazine groups is 1. The molecule has 2 rings (SSSR count). The van der Waals surface area contributed by atoms with E-state index in [1.807, 2.05) is 6.92 Å². The monoisotopic (exact) mass is 280 g/mol. The largest absolute Gasteiger partial charge is 0.335 e. The van der Waals surface area contributed by atoms with Crippen LogP contribution in [0.25, 0.3) is 0 Å². The van der Waals surface area contributed by atoms with Crippen LogP contribution >= 0.6 is 0 Å². The Hall–Kier alpha value is -1.69. The van der Waals surface area contributed by atoms with Crippen molar-refractivity contribution in [2.75, 3.05) is 12.0 Å². The molecule has 110 valence electrons. The van der Waals surface area contributed by atoms with E-state index >= 15 is 0 Å². The second kappa shape index (κ2) is 5.75. The number of carbonyl (C=O) groups is 1. The Labute approximate surface area is 118 Å². The number of nitrogen functional groups attached to an aromatic ring is 1. The Bertz CT molecular complexity index is 508. The number of hydrogen-bond acceptors (Lipinski definition) is 4. The maximum absolute atomic E-state index is 14.1. The SMILES string of the molecule is CC1CC(C)C(C)N(C(=O)c2ccnc(NN)c2F)C1. The topological polar surface area (TPSA) is 71.2 Å². The zero-order valence-corrected chi connectivity index (χ0v) is 12.1. The maximum atomic E-state index is 14.1. The summed E-state index contributed by atoms with van der Waals surface area (Å²) >= 11 is 0. The Kier molecular flexibility index (Phi) is 4.23. The van der Waals surface area contributed by atoms with Gasteiger partial charge in [-0.3, -0.25) is 4.79 Å². The summed E-state index contributed by atoms with van der Waals surface area (Å²) in [6, 6.07) is 1.50. The van der Waals surface area contributed by atoms with Gasteiger partial charge in [0.05, 0.1) is 5.56 Å². The molecule has 1 aromatic heterocycles. The van der Waals surface area contributed by atoms with Gasteiger partial charge in [-0.2, -0.15) is 0 Å². The fraction of sp³-hybridized carbons (Fsp3) is 0.571. The van der Waals surface area contributed by atoms with E-state index in [2.05, 4.69) is 24.3 Å². The summed E-state index contributed by atoms with van der Waals surface area (Å²) in [5.74, 6) is 4.91. The number of amides is 1. The minimum Gasteiger partial charge on any atom is -0.335 e. The van der Waals surface area contributed by atoms with Gasteiger partial charge in [-0.05, 0) is 31.2 Å². The van der Waals surface area contributed by atoms with Crippen LogP contribution in [-0.2, 0) is 0 Å². The summed E-state index contributed by atoms with van der Waals surface area (Å²) in [6.07, 6.45) is 2.46. The molecule has 1 amide bonds. The normalized spacial score (nSPS) is 26.4. The molecule has 1 fully saturated rings. The number of pyridine rings is 1. The second-order valence-corrected chi connectivity index (χ2v) is 5.68. The van der Waals surface area contributed by atoms with Crippen molar-refractivity contribution in [1.29, 1.82) is 0 Å². The number of aromatic nitrogens is 1. The molecule has 5 nitrogen and oxygen atoms in total. The van der Waals surface area contributed by atoms with Gasteiger partial charge in [-0.15, -0.1) is 0 Å². The zero-order chi connectivity index (χ0) is 14.9. The highest BCUT2D eigenvalue weighted by atomic mass is 19.1. The molecule has 0 saturated carbocycles. The molecular weight excluding hydrogens is 259 g/mol. The van der Waals surface area contributed by atoms with Crippen LogP contribution in [0, 0.1) is 17.7 Å². The Morgan fingerprint density at radius 1 is 1.50 bits per heavy atom. The van der Waals surface area contributed by atoms with E-state index in [4.69, 9.17) is 5.84 Å². The molecule has 1 aromatic rings. The molecule has 6 heteroatoms. The first-order valence-corrected chi connectivity index (χ1v) is 6.87. The molecular formula is C14H21FN4O. The van der Waals surface area contributed by atoms with E-state index in [1.54, 1.807) is 4.90 Å². The summed E-state index contributed by atoms with van der Waals surface area (Å²) in [5.41, 5.74) is 2.18. The number of anilines is 1. The molecule has 3 atom stereocenters. The molecule has 2 heterocycles. The van der Waals surface area contributed by atoms with Crippen molar-refractivity contribution in [3.63, 3.8) is 0 Å². The predicted molar refractivity (Wildman–Crippen MR) is 75.4 cm³/mol. The first kappa shape index (κ1) is 14.7. The number of halogens is 1. The summed E-state index contributed by atoms with van der Waals surface area (Å²) in [5, 5.41) is 0. The molecule has 0 bridgehead atoms. The number of rotatable bonds is 2. The third kappa shape index (κ3) is 2.60. The Balaban J connectivity index is 2.31. The molecule has 20 heavy (non-hydrogen) atoms. The molecule has 0 aliphatic carbocycles. The van der Waals surface area contributed by atoms with Crippen molar-refractivity contribution < 1.29 is 9.18 Å². The van der Waals surface area contributed by atoms with Crippen LogP contribution in [0.5, 0.6) is 0 Å². The van der Waals surface area contributed by atoms with Crippen molar-refractivity contribution in [3.8, 4) is 0 Å². The van der Waals surface area contributed by atoms with Gasteiger partial charge in [0, 0.05) is 18.8 Å². The van der Waals surface area contributed by atoms with Crippen molar-refractivity contribution in [2.45, 2.75) is 33.2 Å². The van der Waals surface area contributed by atoms with Gasteiger partial charge in [0.1, 0.15) is 0 Å². The molecule has 1 aliphatic heterocycles. The Morgan fingerprint density at radius 3 is 2.85 bits per heavy atom. The zero-order valence-electron chi connectivity index (χ0n) is 12.1. The highest BCUT2D eigenvalue weighted by Crippen LogP contribution is 2.29. The van der Waals surface area contributed by atoms with Crippen LogP contribution in [0.3, 0.4) is 0 Å².